The van der Waals surface area contributed by atoms with Crippen molar-refractivity contribution in [2.45, 2.75) is 0 Å². The average Bonchev–Trinajstić information content (AvgIpc) is 3.84. The number of hydrogen-bond acceptors (Lipinski definition) is 5. The Morgan fingerprint density at radius 1 is 0.268 bits per heavy atom. The molecule has 0 saturated heterocycles. The van der Waals surface area contributed by atoms with Gasteiger partial charge in [0.2, 0.25) is 0 Å². The molecule has 0 amide bonds. The van der Waals surface area contributed by atoms with Gasteiger partial charge in [-0.3, -0.25) is 0 Å². The zero-order valence-electron chi connectivity index (χ0n) is 30.1. The molecule has 0 saturated carbocycles. The predicted octanol–water partition coefficient (Wildman–Crippen LogP) is 13.7. The summed E-state index contributed by atoms with van der Waals surface area (Å²) in [7, 11) is 0. The third-order valence-corrected chi connectivity index (χ3v) is 10.6. The standard InChI is InChI=1S/C51H31N3O2/c1-4-13-32(14-5-1)35-23-27-42-47(30-35)56-45-22-12-21-41(48(42)45)39-20-11-10-19-38(39)36-25-28-44-43(29-36)40-26-24-37(31-46(40)55-44)51-53-49(33-15-6-2-7-16-33)52-50(54-51)34-17-8-3-9-18-34/h1-31H. The lowest BCUT2D eigenvalue weighted by Gasteiger charge is -2.12. The lowest BCUT2D eigenvalue weighted by atomic mass is 9.91. The molecule has 0 fully saturated rings. The fraction of sp³-hybridized carbons (Fsp3) is 0. The van der Waals surface area contributed by atoms with Crippen molar-refractivity contribution < 1.29 is 8.83 Å². The summed E-state index contributed by atoms with van der Waals surface area (Å²) in [4.78, 5) is 14.7. The predicted molar refractivity (Wildman–Crippen MR) is 227 cm³/mol. The van der Waals surface area contributed by atoms with Crippen LogP contribution >= 0.6 is 0 Å². The number of hydrogen-bond donors (Lipinski definition) is 0. The lowest BCUT2D eigenvalue weighted by molar-refractivity contribution is 0.668. The number of furan rings is 2. The van der Waals surface area contributed by atoms with Crippen molar-refractivity contribution in [3.63, 3.8) is 0 Å². The molecule has 0 radical (unpaired) electrons. The second-order valence-electron chi connectivity index (χ2n) is 14.0. The van der Waals surface area contributed by atoms with E-state index in [-0.39, 0.29) is 0 Å². The molecule has 0 aliphatic carbocycles. The van der Waals surface area contributed by atoms with E-state index < -0.39 is 0 Å². The van der Waals surface area contributed by atoms with Crippen LogP contribution in [0.2, 0.25) is 0 Å². The van der Waals surface area contributed by atoms with Crippen molar-refractivity contribution in [3.05, 3.63) is 188 Å². The molecule has 11 aromatic rings. The summed E-state index contributed by atoms with van der Waals surface area (Å²) < 4.78 is 13.0. The second kappa shape index (κ2) is 13.0. The molecule has 262 valence electrons. The van der Waals surface area contributed by atoms with Gasteiger partial charge in [-0.15, -0.1) is 0 Å². The molecule has 0 unspecified atom stereocenters. The van der Waals surface area contributed by atoms with Crippen LogP contribution < -0.4 is 0 Å². The first-order valence-corrected chi connectivity index (χ1v) is 18.7. The quantitative estimate of drug-likeness (QED) is 0.171. The van der Waals surface area contributed by atoms with Crippen LogP contribution in [0.4, 0.5) is 0 Å². The minimum atomic E-state index is 0.590. The molecule has 56 heavy (non-hydrogen) atoms. The van der Waals surface area contributed by atoms with Gasteiger partial charge in [-0.05, 0) is 75.8 Å². The molecule has 5 nitrogen and oxygen atoms in total. The molecule has 0 spiro atoms. The topological polar surface area (TPSA) is 65.0 Å². The second-order valence-corrected chi connectivity index (χ2v) is 14.0. The van der Waals surface area contributed by atoms with Gasteiger partial charge in [0.05, 0.1) is 0 Å². The van der Waals surface area contributed by atoms with Crippen LogP contribution in [-0.4, -0.2) is 15.0 Å². The van der Waals surface area contributed by atoms with Crippen molar-refractivity contribution >= 4 is 43.9 Å². The van der Waals surface area contributed by atoms with Crippen molar-refractivity contribution in [1.82, 2.24) is 15.0 Å². The highest BCUT2D eigenvalue weighted by Gasteiger charge is 2.18. The van der Waals surface area contributed by atoms with Gasteiger partial charge in [-0.2, -0.15) is 0 Å². The minimum absolute atomic E-state index is 0.590. The smallest absolute Gasteiger partial charge is 0.164 e. The molecule has 8 aromatic carbocycles. The van der Waals surface area contributed by atoms with Crippen LogP contribution in [0.1, 0.15) is 0 Å². The van der Waals surface area contributed by atoms with Gasteiger partial charge in [0, 0.05) is 38.2 Å². The van der Waals surface area contributed by atoms with Crippen LogP contribution in [0.5, 0.6) is 0 Å². The molecular weight excluding hydrogens is 687 g/mol. The van der Waals surface area contributed by atoms with E-state index in [1.54, 1.807) is 0 Å². The van der Waals surface area contributed by atoms with Crippen LogP contribution in [0.15, 0.2) is 197 Å². The fourth-order valence-corrected chi connectivity index (χ4v) is 7.85. The van der Waals surface area contributed by atoms with E-state index in [1.165, 1.54) is 5.56 Å². The Bertz CT molecular complexity index is 3180. The third kappa shape index (κ3) is 5.45. The van der Waals surface area contributed by atoms with Gasteiger partial charge >= 0.3 is 0 Å². The van der Waals surface area contributed by atoms with Crippen LogP contribution in [0, 0.1) is 0 Å². The van der Waals surface area contributed by atoms with Gasteiger partial charge < -0.3 is 8.83 Å². The Labute approximate surface area is 322 Å². The maximum Gasteiger partial charge on any atom is 0.164 e. The van der Waals surface area contributed by atoms with Crippen molar-refractivity contribution in [1.29, 1.82) is 0 Å². The first kappa shape index (κ1) is 31.9. The number of benzene rings is 8. The van der Waals surface area contributed by atoms with E-state index in [9.17, 15) is 0 Å². The van der Waals surface area contributed by atoms with Gasteiger partial charge in [0.15, 0.2) is 17.5 Å². The molecule has 3 heterocycles. The first-order valence-electron chi connectivity index (χ1n) is 18.7. The third-order valence-electron chi connectivity index (χ3n) is 10.6. The minimum Gasteiger partial charge on any atom is -0.456 e. The Balaban J connectivity index is 1.01. The normalized spacial score (nSPS) is 11.6. The zero-order chi connectivity index (χ0) is 37.0. The molecule has 0 N–H and O–H groups in total. The van der Waals surface area contributed by atoms with Gasteiger partial charge in [-0.1, -0.05) is 146 Å². The molecule has 0 aliphatic heterocycles. The van der Waals surface area contributed by atoms with E-state index >= 15 is 0 Å². The number of nitrogens with zero attached hydrogens (tertiary/aromatic N) is 3. The van der Waals surface area contributed by atoms with E-state index in [4.69, 9.17) is 23.8 Å². The SMILES string of the molecule is c1ccc(-c2ccc3c(c2)oc2cccc(-c4ccccc4-c4ccc5oc6cc(-c7nc(-c8ccccc8)nc(-c8ccccc8)n7)ccc6c5c4)c23)cc1. The fourth-order valence-electron chi connectivity index (χ4n) is 7.85. The summed E-state index contributed by atoms with van der Waals surface area (Å²) in [5.74, 6) is 1.84. The largest absolute Gasteiger partial charge is 0.456 e. The highest BCUT2D eigenvalue weighted by atomic mass is 16.3. The van der Waals surface area contributed by atoms with Crippen molar-refractivity contribution in [3.8, 4) is 67.5 Å². The van der Waals surface area contributed by atoms with E-state index in [2.05, 4.69) is 115 Å². The van der Waals surface area contributed by atoms with E-state index in [0.29, 0.717) is 17.5 Å². The van der Waals surface area contributed by atoms with Gasteiger partial charge in [-0.25, -0.2) is 15.0 Å². The molecule has 5 heteroatoms. The number of rotatable bonds is 6. The molecule has 0 aliphatic rings. The van der Waals surface area contributed by atoms with Gasteiger partial charge in [0.1, 0.15) is 22.3 Å². The molecular formula is C51H31N3O2. The van der Waals surface area contributed by atoms with Crippen LogP contribution in [0.25, 0.3) is 111 Å². The highest BCUT2D eigenvalue weighted by molar-refractivity contribution is 6.14. The van der Waals surface area contributed by atoms with E-state index in [1.807, 2.05) is 72.8 Å². The average molecular weight is 718 g/mol. The van der Waals surface area contributed by atoms with Crippen LogP contribution in [0.3, 0.4) is 0 Å². The van der Waals surface area contributed by atoms with E-state index in [0.717, 1.165) is 88.4 Å². The van der Waals surface area contributed by atoms with Crippen molar-refractivity contribution in [2.24, 2.45) is 0 Å². The maximum atomic E-state index is 6.50. The maximum absolute atomic E-state index is 6.50. The lowest BCUT2D eigenvalue weighted by Crippen LogP contribution is -2.00. The molecule has 0 bridgehead atoms. The van der Waals surface area contributed by atoms with Crippen LogP contribution in [-0.2, 0) is 0 Å². The first-order chi connectivity index (χ1) is 27.7. The molecule has 11 rings (SSSR count). The summed E-state index contributed by atoms with van der Waals surface area (Å²) in [5, 5.41) is 4.29. The number of aromatic nitrogens is 3. The Morgan fingerprint density at radius 3 is 1.50 bits per heavy atom. The summed E-state index contributed by atoms with van der Waals surface area (Å²) in [6, 6.07) is 64.6. The Morgan fingerprint density at radius 2 is 0.786 bits per heavy atom. The summed E-state index contributed by atoms with van der Waals surface area (Å²) in [6.45, 7) is 0. The zero-order valence-corrected chi connectivity index (χ0v) is 30.1. The van der Waals surface area contributed by atoms with Gasteiger partial charge in [0.25, 0.3) is 0 Å². The highest BCUT2D eigenvalue weighted by Crippen LogP contribution is 2.43. The summed E-state index contributed by atoms with van der Waals surface area (Å²) >= 11 is 0. The van der Waals surface area contributed by atoms with Crippen molar-refractivity contribution in [2.75, 3.05) is 0 Å². The summed E-state index contributed by atoms with van der Waals surface area (Å²) in [5.41, 5.74) is 12.9. The Hall–Kier alpha value is -7.63. The Kier molecular flexibility index (Phi) is 7.42. The monoisotopic (exact) mass is 717 g/mol. The molecule has 3 aromatic heterocycles. The number of fused-ring (bicyclic) bond motifs is 6. The summed E-state index contributed by atoms with van der Waals surface area (Å²) in [6.07, 6.45) is 0. The molecule has 0 atom stereocenters.